The van der Waals surface area contributed by atoms with E-state index in [0.29, 0.717) is 21.5 Å². The Morgan fingerprint density at radius 1 is 1.69 bits per heavy atom. The molecule has 2 rings (SSSR count). The third kappa shape index (κ3) is 1.27. The van der Waals surface area contributed by atoms with Gasteiger partial charge in [-0.1, -0.05) is 11.6 Å². The van der Waals surface area contributed by atoms with Crippen LogP contribution in [0, 0.1) is 4.77 Å². The summed E-state index contributed by atoms with van der Waals surface area (Å²) in [6.45, 7) is 0. The number of hydrogen-bond acceptors (Lipinski definition) is 4. The summed E-state index contributed by atoms with van der Waals surface area (Å²) in [4.78, 5) is 7.92. The van der Waals surface area contributed by atoms with E-state index in [-0.39, 0.29) is 0 Å². The van der Waals surface area contributed by atoms with Gasteiger partial charge < -0.3 is 4.74 Å². The molecule has 0 aromatic carbocycles. The molecule has 0 saturated heterocycles. The second-order valence-electron chi connectivity index (χ2n) is 2.28. The number of hydrogen-bond donors (Lipinski definition) is 1. The number of nitrogens with one attached hydrogen (secondary N) is 1. The Morgan fingerprint density at radius 3 is 3.15 bits per heavy atom. The van der Waals surface area contributed by atoms with Crippen molar-refractivity contribution in [3.63, 3.8) is 0 Å². The van der Waals surface area contributed by atoms with Crippen LogP contribution in [0.5, 0.6) is 6.01 Å². The van der Waals surface area contributed by atoms with E-state index >= 15 is 0 Å². The van der Waals surface area contributed by atoms with Gasteiger partial charge in [-0.05, 0) is 12.2 Å². The van der Waals surface area contributed by atoms with E-state index in [1.165, 1.54) is 17.8 Å². The number of fused-ring (bicyclic) bond motifs is 1. The predicted octanol–water partition coefficient (Wildman–Crippen LogP) is 1.45. The molecule has 1 N–H and O–H groups in total. The van der Waals surface area contributed by atoms with Crippen molar-refractivity contribution in [3.8, 4) is 6.01 Å². The molecular formula is C6H5ClN4OS. The van der Waals surface area contributed by atoms with Crippen molar-refractivity contribution in [3.05, 3.63) is 16.0 Å². The molecule has 0 unspecified atom stereocenters. The number of nitrogens with zero attached hydrogens (tertiary/aromatic N) is 3. The number of H-pyrrole nitrogens is 1. The quantitative estimate of drug-likeness (QED) is 0.734. The third-order valence-corrected chi connectivity index (χ3v) is 1.95. The average molecular weight is 217 g/mol. The first kappa shape index (κ1) is 8.46. The Bertz CT molecular complexity index is 505. The lowest BCUT2D eigenvalue weighted by molar-refractivity contribution is 0.367. The Kier molecular flexibility index (Phi) is 1.93. The summed E-state index contributed by atoms with van der Waals surface area (Å²) in [5.74, 6) is 0. The molecule has 0 aliphatic carbocycles. The van der Waals surface area contributed by atoms with Gasteiger partial charge in [-0.2, -0.15) is 9.50 Å². The summed E-state index contributed by atoms with van der Waals surface area (Å²) in [5, 5.41) is 3.19. The van der Waals surface area contributed by atoms with Gasteiger partial charge in [0.05, 0.1) is 13.3 Å². The first-order valence-electron chi connectivity index (χ1n) is 3.39. The first-order valence-corrected chi connectivity index (χ1v) is 4.18. The normalized spacial score (nSPS) is 10.6. The molecule has 7 heteroatoms. The van der Waals surface area contributed by atoms with Crippen LogP contribution in [0.15, 0.2) is 6.20 Å². The SMILES string of the molecule is COc1ncc(Cl)c2nc(=S)[nH]n12. The summed E-state index contributed by atoms with van der Waals surface area (Å²) in [7, 11) is 1.51. The lowest BCUT2D eigenvalue weighted by Crippen LogP contribution is -1.98. The first-order chi connectivity index (χ1) is 6.22. The summed E-state index contributed by atoms with van der Waals surface area (Å²) >= 11 is 10.7. The highest BCUT2D eigenvalue weighted by Gasteiger charge is 2.07. The van der Waals surface area contributed by atoms with Crippen molar-refractivity contribution in [1.82, 2.24) is 19.6 Å². The average Bonchev–Trinajstić information content (AvgIpc) is 2.48. The minimum absolute atomic E-state index is 0.341. The van der Waals surface area contributed by atoms with E-state index in [2.05, 4.69) is 15.1 Å². The maximum atomic E-state index is 5.83. The fourth-order valence-corrected chi connectivity index (χ4v) is 1.34. The summed E-state index contributed by atoms with van der Waals surface area (Å²) in [5.41, 5.74) is 0.513. The van der Waals surface area contributed by atoms with Crippen LogP contribution in [0.3, 0.4) is 0 Å². The van der Waals surface area contributed by atoms with Gasteiger partial charge in [0.2, 0.25) is 4.77 Å². The Morgan fingerprint density at radius 2 is 2.46 bits per heavy atom. The van der Waals surface area contributed by atoms with E-state index in [1.807, 2.05) is 0 Å². The maximum absolute atomic E-state index is 5.83. The molecule has 2 aromatic rings. The fraction of sp³-hybridized carbons (Fsp3) is 0.167. The maximum Gasteiger partial charge on any atom is 0.317 e. The van der Waals surface area contributed by atoms with Crippen molar-refractivity contribution >= 4 is 29.5 Å². The van der Waals surface area contributed by atoms with Crippen molar-refractivity contribution < 1.29 is 4.74 Å². The number of methoxy groups -OCH3 is 1. The molecule has 0 radical (unpaired) electrons. The van der Waals surface area contributed by atoms with Gasteiger partial charge in [-0.3, -0.25) is 5.10 Å². The van der Waals surface area contributed by atoms with Crippen molar-refractivity contribution in [2.45, 2.75) is 0 Å². The van der Waals surface area contributed by atoms with Gasteiger partial charge in [0.1, 0.15) is 5.02 Å². The number of aromatic nitrogens is 4. The number of aromatic amines is 1. The lowest BCUT2D eigenvalue weighted by Gasteiger charge is -2.00. The molecule has 2 aromatic heterocycles. The van der Waals surface area contributed by atoms with E-state index in [1.54, 1.807) is 0 Å². The molecule has 0 aliphatic rings. The molecule has 0 saturated carbocycles. The number of ether oxygens (including phenoxy) is 1. The van der Waals surface area contributed by atoms with Crippen molar-refractivity contribution in [2.24, 2.45) is 0 Å². The largest absolute Gasteiger partial charge is 0.467 e. The summed E-state index contributed by atoms with van der Waals surface area (Å²) in [6, 6.07) is 0.364. The minimum Gasteiger partial charge on any atom is -0.467 e. The Labute approximate surface area is 83.3 Å². The highest BCUT2D eigenvalue weighted by molar-refractivity contribution is 7.71. The zero-order chi connectivity index (χ0) is 9.42. The minimum atomic E-state index is 0.341. The smallest absolute Gasteiger partial charge is 0.317 e. The van der Waals surface area contributed by atoms with E-state index in [0.717, 1.165) is 0 Å². The molecule has 0 bridgehead atoms. The molecule has 13 heavy (non-hydrogen) atoms. The molecule has 0 atom stereocenters. The Hall–Kier alpha value is -1.14. The van der Waals surface area contributed by atoms with Crippen molar-refractivity contribution in [2.75, 3.05) is 7.11 Å². The van der Waals surface area contributed by atoms with Crippen LogP contribution >= 0.6 is 23.8 Å². The van der Waals surface area contributed by atoms with Crippen LogP contribution in [0.25, 0.3) is 5.65 Å². The van der Waals surface area contributed by atoms with Gasteiger partial charge >= 0.3 is 6.01 Å². The highest BCUT2D eigenvalue weighted by atomic mass is 35.5. The monoisotopic (exact) mass is 216 g/mol. The van der Waals surface area contributed by atoms with E-state index in [4.69, 9.17) is 28.6 Å². The van der Waals surface area contributed by atoms with Gasteiger partial charge in [-0.25, -0.2) is 4.98 Å². The zero-order valence-corrected chi connectivity index (χ0v) is 8.19. The van der Waals surface area contributed by atoms with E-state index in [9.17, 15) is 0 Å². The molecule has 68 valence electrons. The second kappa shape index (κ2) is 2.97. The van der Waals surface area contributed by atoms with Crippen LogP contribution in [0.1, 0.15) is 0 Å². The standard InChI is InChI=1S/C6H5ClN4OS/c1-12-6-8-2-3(7)4-9-5(13)10-11(4)6/h2H,1H3,(H,10,13). The van der Waals surface area contributed by atoms with Gasteiger partial charge in [-0.15, -0.1) is 0 Å². The molecule has 0 aliphatic heterocycles. The van der Waals surface area contributed by atoms with Crippen LogP contribution < -0.4 is 4.74 Å². The fourth-order valence-electron chi connectivity index (χ4n) is 0.990. The zero-order valence-electron chi connectivity index (χ0n) is 6.61. The number of halogens is 1. The van der Waals surface area contributed by atoms with E-state index < -0.39 is 0 Å². The summed E-state index contributed by atoms with van der Waals surface area (Å²) < 4.78 is 6.80. The second-order valence-corrected chi connectivity index (χ2v) is 3.07. The Balaban J connectivity index is 2.91. The van der Waals surface area contributed by atoms with Crippen LogP contribution in [-0.4, -0.2) is 26.7 Å². The molecule has 0 fully saturated rings. The molecular weight excluding hydrogens is 212 g/mol. The topological polar surface area (TPSA) is 55.2 Å². The van der Waals surface area contributed by atoms with Crippen LogP contribution in [-0.2, 0) is 0 Å². The van der Waals surface area contributed by atoms with Crippen LogP contribution in [0.2, 0.25) is 5.02 Å². The van der Waals surface area contributed by atoms with Gasteiger partial charge in [0.15, 0.2) is 5.65 Å². The molecule has 2 heterocycles. The number of rotatable bonds is 1. The molecule has 0 spiro atoms. The third-order valence-electron chi connectivity index (χ3n) is 1.50. The lowest BCUT2D eigenvalue weighted by atomic mass is 10.6. The molecule has 5 nitrogen and oxygen atoms in total. The highest BCUT2D eigenvalue weighted by Crippen LogP contribution is 2.17. The predicted molar refractivity (Wildman–Crippen MR) is 49.7 cm³/mol. The molecule has 0 amide bonds. The van der Waals surface area contributed by atoms with Crippen LogP contribution in [0.4, 0.5) is 0 Å². The van der Waals surface area contributed by atoms with Gasteiger partial charge in [0.25, 0.3) is 0 Å². The van der Waals surface area contributed by atoms with Crippen molar-refractivity contribution in [1.29, 1.82) is 0 Å². The van der Waals surface area contributed by atoms with Gasteiger partial charge in [0, 0.05) is 0 Å². The summed E-state index contributed by atoms with van der Waals surface area (Å²) in [6.07, 6.45) is 1.46.